The third-order valence-corrected chi connectivity index (χ3v) is 3.32. The minimum absolute atomic E-state index is 0.109. The molecule has 0 spiro atoms. The fourth-order valence-corrected chi connectivity index (χ4v) is 1.69. The molecule has 1 aromatic rings. The predicted octanol–water partition coefficient (Wildman–Crippen LogP) is 1.59. The molecule has 0 bridgehead atoms. The topological polar surface area (TPSA) is 81.7 Å². The van der Waals surface area contributed by atoms with E-state index in [1.807, 2.05) is 13.8 Å². The van der Waals surface area contributed by atoms with Crippen LogP contribution in [-0.2, 0) is 0 Å². The predicted molar refractivity (Wildman–Crippen MR) is 82.5 cm³/mol. The van der Waals surface area contributed by atoms with Gasteiger partial charge in [-0.1, -0.05) is 6.07 Å². The maximum Gasteiger partial charge on any atom is 0.321 e. The average molecular weight is 293 g/mol. The highest BCUT2D eigenvalue weighted by molar-refractivity contribution is 5.97. The smallest absolute Gasteiger partial charge is 0.321 e. The monoisotopic (exact) mass is 293 g/mol. The van der Waals surface area contributed by atoms with Crippen molar-refractivity contribution in [2.24, 2.45) is 0 Å². The molecule has 6 heteroatoms. The Morgan fingerprint density at radius 1 is 1.38 bits per heavy atom. The maximum atomic E-state index is 12.1. The summed E-state index contributed by atoms with van der Waals surface area (Å²) in [5.41, 5.74) is 1.94. The molecule has 0 saturated carbocycles. The highest BCUT2D eigenvalue weighted by Gasteiger charge is 2.16. The van der Waals surface area contributed by atoms with Gasteiger partial charge < -0.3 is 20.6 Å². The number of hydrogen-bond donors (Lipinski definition) is 3. The van der Waals surface area contributed by atoms with Crippen LogP contribution in [0.5, 0.6) is 0 Å². The number of nitrogens with one attached hydrogen (secondary N) is 2. The molecule has 116 valence electrons. The Bertz CT molecular complexity index is 517. The van der Waals surface area contributed by atoms with Crippen molar-refractivity contribution in [2.75, 3.05) is 25.5 Å². The van der Waals surface area contributed by atoms with E-state index in [4.69, 9.17) is 5.11 Å². The van der Waals surface area contributed by atoms with Crippen molar-refractivity contribution in [1.82, 2.24) is 10.2 Å². The first-order valence-electron chi connectivity index (χ1n) is 6.94. The second kappa shape index (κ2) is 7.64. The zero-order valence-electron chi connectivity index (χ0n) is 12.9. The SMILES string of the molecule is CCNC(=O)c1ccc(C)c(NC(=O)N(C)[C@H](C)CO)c1. The van der Waals surface area contributed by atoms with Crippen molar-refractivity contribution in [3.05, 3.63) is 29.3 Å². The van der Waals surface area contributed by atoms with Gasteiger partial charge in [0.05, 0.1) is 12.6 Å². The van der Waals surface area contributed by atoms with E-state index in [0.717, 1.165) is 5.56 Å². The van der Waals surface area contributed by atoms with E-state index in [1.54, 1.807) is 32.2 Å². The molecule has 1 aromatic carbocycles. The number of hydrogen-bond acceptors (Lipinski definition) is 3. The van der Waals surface area contributed by atoms with Crippen molar-refractivity contribution >= 4 is 17.6 Å². The lowest BCUT2D eigenvalue weighted by Gasteiger charge is -2.24. The summed E-state index contributed by atoms with van der Waals surface area (Å²) in [6, 6.07) is 4.55. The maximum absolute atomic E-state index is 12.1. The van der Waals surface area contributed by atoms with Gasteiger partial charge in [-0.15, -0.1) is 0 Å². The van der Waals surface area contributed by atoms with Crippen LogP contribution in [0.3, 0.4) is 0 Å². The number of rotatable bonds is 5. The van der Waals surface area contributed by atoms with E-state index >= 15 is 0 Å². The van der Waals surface area contributed by atoms with Crippen LogP contribution in [0.1, 0.15) is 29.8 Å². The summed E-state index contributed by atoms with van der Waals surface area (Å²) < 4.78 is 0. The number of likely N-dealkylation sites (N-methyl/N-ethyl adjacent to an activating group) is 1. The molecule has 0 aliphatic rings. The van der Waals surface area contributed by atoms with Crippen LogP contribution in [0.25, 0.3) is 0 Å². The first kappa shape index (κ1) is 17.0. The average Bonchev–Trinajstić information content (AvgIpc) is 2.47. The molecular weight excluding hydrogens is 270 g/mol. The van der Waals surface area contributed by atoms with E-state index in [0.29, 0.717) is 17.8 Å². The van der Waals surface area contributed by atoms with Crippen LogP contribution in [0.4, 0.5) is 10.5 Å². The molecule has 0 fully saturated rings. The summed E-state index contributed by atoms with van der Waals surface area (Å²) in [6.07, 6.45) is 0. The molecule has 0 aliphatic heterocycles. The van der Waals surface area contributed by atoms with E-state index in [-0.39, 0.29) is 24.6 Å². The molecule has 21 heavy (non-hydrogen) atoms. The van der Waals surface area contributed by atoms with Crippen LogP contribution < -0.4 is 10.6 Å². The quantitative estimate of drug-likeness (QED) is 0.771. The van der Waals surface area contributed by atoms with Crippen LogP contribution in [0.2, 0.25) is 0 Å². The van der Waals surface area contributed by atoms with E-state index in [9.17, 15) is 9.59 Å². The normalized spacial score (nSPS) is 11.7. The highest BCUT2D eigenvalue weighted by Crippen LogP contribution is 2.17. The summed E-state index contributed by atoms with van der Waals surface area (Å²) in [4.78, 5) is 25.3. The molecule has 0 saturated heterocycles. The Hall–Kier alpha value is -2.08. The standard InChI is InChI=1S/C15H23N3O3/c1-5-16-14(20)12-7-6-10(2)13(8-12)17-15(21)18(4)11(3)9-19/h6-8,11,19H,5,9H2,1-4H3,(H,16,20)(H,17,21)/t11-/m1/s1. The molecule has 3 amide bonds. The Labute approximate surface area is 125 Å². The molecule has 0 unspecified atom stereocenters. The molecule has 0 aliphatic carbocycles. The van der Waals surface area contributed by atoms with Crippen LogP contribution in [0.15, 0.2) is 18.2 Å². The molecule has 6 nitrogen and oxygen atoms in total. The van der Waals surface area contributed by atoms with Gasteiger partial charge >= 0.3 is 6.03 Å². The molecule has 0 heterocycles. The number of urea groups is 1. The minimum Gasteiger partial charge on any atom is -0.394 e. The lowest BCUT2D eigenvalue weighted by Crippen LogP contribution is -2.40. The summed E-state index contributed by atoms with van der Waals surface area (Å²) in [6.45, 7) is 5.89. The number of aryl methyl sites for hydroxylation is 1. The fourth-order valence-electron chi connectivity index (χ4n) is 1.69. The van der Waals surface area contributed by atoms with Gasteiger partial charge in [-0.3, -0.25) is 4.79 Å². The number of anilines is 1. The Morgan fingerprint density at radius 3 is 2.62 bits per heavy atom. The van der Waals surface area contributed by atoms with E-state index < -0.39 is 0 Å². The van der Waals surface area contributed by atoms with Crippen molar-refractivity contribution in [1.29, 1.82) is 0 Å². The molecule has 1 rings (SSSR count). The molecule has 0 aromatic heterocycles. The first-order valence-corrected chi connectivity index (χ1v) is 6.94. The third kappa shape index (κ3) is 4.46. The Kier molecular flexibility index (Phi) is 6.17. The summed E-state index contributed by atoms with van der Waals surface area (Å²) in [5.74, 6) is -0.176. The number of carbonyl (C=O) groups is 2. The number of amides is 3. The summed E-state index contributed by atoms with van der Waals surface area (Å²) >= 11 is 0. The minimum atomic E-state index is -0.326. The van der Waals surface area contributed by atoms with Gasteiger partial charge in [-0.2, -0.15) is 0 Å². The number of benzene rings is 1. The van der Waals surface area contributed by atoms with E-state index in [2.05, 4.69) is 10.6 Å². The van der Waals surface area contributed by atoms with Crippen molar-refractivity contribution in [3.8, 4) is 0 Å². The first-order chi connectivity index (χ1) is 9.90. The summed E-state index contributed by atoms with van der Waals surface area (Å²) in [7, 11) is 1.61. The largest absolute Gasteiger partial charge is 0.394 e. The van der Waals surface area contributed by atoms with Gasteiger partial charge in [-0.05, 0) is 38.5 Å². The van der Waals surface area contributed by atoms with Crippen LogP contribution in [-0.4, -0.2) is 48.2 Å². The zero-order valence-corrected chi connectivity index (χ0v) is 12.9. The molecule has 0 radical (unpaired) electrons. The van der Waals surface area contributed by atoms with Gasteiger partial charge in [0.15, 0.2) is 0 Å². The third-order valence-electron chi connectivity index (χ3n) is 3.32. The second-order valence-corrected chi connectivity index (χ2v) is 4.96. The lowest BCUT2D eigenvalue weighted by molar-refractivity contribution is 0.0956. The van der Waals surface area contributed by atoms with Gasteiger partial charge in [0.2, 0.25) is 0 Å². The molecule has 3 N–H and O–H groups in total. The zero-order chi connectivity index (χ0) is 16.0. The van der Waals surface area contributed by atoms with Crippen LogP contribution >= 0.6 is 0 Å². The number of aliphatic hydroxyl groups is 1. The van der Waals surface area contributed by atoms with Crippen molar-refractivity contribution in [3.63, 3.8) is 0 Å². The van der Waals surface area contributed by atoms with Crippen molar-refractivity contribution in [2.45, 2.75) is 26.8 Å². The molecule has 1 atom stereocenters. The highest BCUT2D eigenvalue weighted by atomic mass is 16.3. The second-order valence-electron chi connectivity index (χ2n) is 4.96. The Morgan fingerprint density at radius 2 is 2.05 bits per heavy atom. The molecular formula is C15H23N3O3. The van der Waals surface area contributed by atoms with Crippen LogP contribution in [0, 0.1) is 6.92 Å². The van der Waals surface area contributed by atoms with E-state index in [1.165, 1.54) is 4.90 Å². The number of carbonyl (C=O) groups excluding carboxylic acids is 2. The van der Waals surface area contributed by atoms with Gasteiger partial charge in [0, 0.05) is 24.8 Å². The lowest BCUT2D eigenvalue weighted by atomic mass is 10.1. The number of aliphatic hydroxyl groups excluding tert-OH is 1. The van der Waals surface area contributed by atoms with Gasteiger partial charge in [0.25, 0.3) is 5.91 Å². The van der Waals surface area contributed by atoms with Crippen molar-refractivity contribution < 1.29 is 14.7 Å². The van der Waals surface area contributed by atoms with Gasteiger partial charge in [0.1, 0.15) is 0 Å². The summed E-state index contributed by atoms with van der Waals surface area (Å²) in [5, 5.41) is 14.6. The fraction of sp³-hybridized carbons (Fsp3) is 0.467. The Balaban J connectivity index is 2.90. The van der Waals surface area contributed by atoms with Gasteiger partial charge in [-0.25, -0.2) is 4.79 Å². The number of nitrogens with zero attached hydrogens (tertiary/aromatic N) is 1.